The van der Waals surface area contributed by atoms with Gasteiger partial charge in [-0.05, 0) is 36.8 Å². The molecule has 0 spiro atoms. The van der Waals surface area contributed by atoms with Crippen LogP contribution in [0, 0.1) is 0 Å². The molecule has 0 saturated heterocycles. The lowest BCUT2D eigenvalue weighted by Crippen LogP contribution is -2.13. The molecule has 0 bridgehead atoms. The minimum Gasteiger partial charge on any atom is -0.450 e. The summed E-state index contributed by atoms with van der Waals surface area (Å²) < 4.78 is 4.83. The Bertz CT molecular complexity index is 540. The van der Waals surface area contributed by atoms with E-state index >= 15 is 0 Å². The SMILES string of the molecule is CCOC(=O)Nc1ccc(CSc2ccccc2)cc1. The zero-order valence-corrected chi connectivity index (χ0v) is 12.2. The molecular formula is C16H17NO2S. The van der Waals surface area contributed by atoms with Crippen molar-refractivity contribution in [3.8, 4) is 0 Å². The maximum absolute atomic E-state index is 11.3. The molecule has 1 amide bonds. The normalized spacial score (nSPS) is 10.1. The highest BCUT2D eigenvalue weighted by Gasteiger charge is 2.02. The molecule has 0 saturated carbocycles. The Balaban J connectivity index is 1.87. The molecule has 2 aromatic rings. The maximum atomic E-state index is 11.3. The van der Waals surface area contributed by atoms with Gasteiger partial charge in [0.05, 0.1) is 6.61 Å². The highest BCUT2D eigenvalue weighted by molar-refractivity contribution is 7.98. The molecule has 0 aliphatic rings. The number of carbonyl (C=O) groups is 1. The molecular weight excluding hydrogens is 270 g/mol. The van der Waals surface area contributed by atoms with Crippen molar-refractivity contribution < 1.29 is 9.53 Å². The van der Waals surface area contributed by atoms with E-state index < -0.39 is 6.09 Å². The van der Waals surface area contributed by atoms with Crippen LogP contribution in [0.2, 0.25) is 0 Å². The Labute approximate surface area is 123 Å². The lowest BCUT2D eigenvalue weighted by molar-refractivity contribution is 0.168. The minimum atomic E-state index is -0.418. The van der Waals surface area contributed by atoms with Crippen molar-refractivity contribution in [2.24, 2.45) is 0 Å². The summed E-state index contributed by atoms with van der Waals surface area (Å²) in [6.07, 6.45) is -0.418. The standard InChI is InChI=1S/C16H17NO2S/c1-2-19-16(18)17-14-10-8-13(9-11-14)12-20-15-6-4-3-5-7-15/h3-11H,2,12H2,1H3,(H,17,18). The van der Waals surface area contributed by atoms with Crippen LogP contribution >= 0.6 is 11.8 Å². The molecule has 2 aromatic carbocycles. The summed E-state index contributed by atoms with van der Waals surface area (Å²) in [4.78, 5) is 12.5. The smallest absolute Gasteiger partial charge is 0.411 e. The molecule has 0 atom stereocenters. The summed E-state index contributed by atoms with van der Waals surface area (Å²) in [5.41, 5.74) is 1.96. The Kier molecular flexibility index (Phi) is 5.50. The van der Waals surface area contributed by atoms with E-state index in [0.717, 1.165) is 11.4 Å². The van der Waals surface area contributed by atoms with E-state index in [0.29, 0.717) is 6.61 Å². The Morgan fingerprint density at radius 2 is 1.80 bits per heavy atom. The monoisotopic (exact) mass is 287 g/mol. The predicted octanol–water partition coefficient (Wildman–Crippen LogP) is 4.55. The van der Waals surface area contributed by atoms with Crippen LogP contribution in [0.5, 0.6) is 0 Å². The van der Waals surface area contributed by atoms with E-state index in [4.69, 9.17) is 4.74 Å². The number of nitrogens with one attached hydrogen (secondary N) is 1. The van der Waals surface area contributed by atoms with Gasteiger partial charge in [-0.2, -0.15) is 0 Å². The predicted molar refractivity (Wildman–Crippen MR) is 83.1 cm³/mol. The topological polar surface area (TPSA) is 38.3 Å². The molecule has 0 aliphatic heterocycles. The van der Waals surface area contributed by atoms with E-state index in [1.165, 1.54) is 10.5 Å². The molecule has 0 unspecified atom stereocenters. The minimum absolute atomic E-state index is 0.373. The van der Waals surface area contributed by atoms with Gasteiger partial charge in [0, 0.05) is 16.3 Å². The Morgan fingerprint density at radius 3 is 2.45 bits per heavy atom. The molecule has 0 aliphatic carbocycles. The van der Waals surface area contributed by atoms with Crippen LogP contribution in [0.3, 0.4) is 0 Å². The number of anilines is 1. The second-order valence-corrected chi connectivity index (χ2v) is 5.19. The third-order valence-electron chi connectivity index (χ3n) is 2.62. The largest absolute Gasteiger partial charge is 0.450 e. The van der Waals surface area contributed by atoms with Crippen molar-refractivity contribution in [2.45, 2.75) is 17.6 Å². The quantitative estimate of drug-likeness (QED) is 0.820. The van der Waals surface area contributed by atoms with E-state index in [9.17, 15) is 4.79 Å². The first kappa shape index (κ1) is 14.5. The highest BCUT2D eigenvalue weighted by atomic mass is 32.2. The fourth-order valence-electron chi connectivity index (χ4n) is 1.65. The molecule has 1 N–H and O–H groups in total. The van der Waals surface area contributed by atoms with Crippen LogP contribution in [0.25, 0.3) is 0 Å². The van der Waals surface area contributed by atoms with Crippen LogP contribution in [-0.4, -0.2) is 12.7 Å². The number of benzene rings is 2. The van der Waals surface area contributed by atoms with E-state index in [-0.39, 0.29) is 0 Å². The zero-order chi connectivity index (χ0) is 14.2. The number of hydrogen-bond donors (Lipinski definition) is 1. The Hall–Kier alpha value is -1.94. The van der Waals surface area contributed by atoms with Gasteiger partial charge >= 0.3 is 6.09 Å². The summed E-state index contributed by atoms with van der Waals surface area (Å²) in [5, 5.41) is 2.68. The zero-order valence-electron chi connectivity index (χ0n) is 11.3. The number of hydrogen-bond acceptors (Lipinski definition) is 3. The van der Waals surface area contributed by atoms with Gasteiger partial charge in [-0.25, -0.2) is 4.79 Å². The first-order valence-electron chi connectivity index (χ1n) is 6.48. The second kappa shape index (κ2) is 7.60. The van der Waals surface area contributed by atoms with Gasteiger partial charge in [-0.1, -0.05) is 30.3 Å². The number of thioether (sulfide) groups is 1. The maximum Gasteiger partial charge on any atom is 0.411 e. The lowest BCUT2D eigenvalue weighted by Gasteiger charge is -2.06. The average Bonchev–Trinajstić information content (AvgIpc) is 2.48. The van der Waals surface area contributed by atoms with E-state index in [1.54, 1.807) is 18.7 Å². The van der Waals surface area contributed by atoms with Gasteiger partial charge < -0.3 is 4.74 Å². The summed E-state index contributed by atoms with van der Waals surface area (Å²) >= 11 is 1.79. The molecule has 0 fully saturated rings. The van der Waals surface area contributed by atoms with Crippen molar-refractivity contribution in [2.75, 3.05) is 11.9 Å². The van der Waals surface area contributed by atoms with Crippen LogP contribution in [-0.2, 0) is 10.5 Å². The first-order valence-corrected chi connectivity index (χ1v) is 7.47. The van der Waals surface area contributed by atoms with Crippen LogP contribution in [0.15, 0.2) is 59.5 Å². The summed E-state index contributed by atoms with van der Waals surface area (Å²) in [6.45, 7) is 2.15. The summed E-state index contributed by atoms with van der Waals surface area (Å²) in [7, 11) is 0. The van der Waals surface area contributed by atoms with Gasteiger partial charge in [-0.3, -0.25) is 5.32 Å². The molecule has 104 valence electrons. The highest BCUT2D eigenvalue weighted by Crippen LogP contribution is 2.23. The summed E-state index contributed by atoms with van der Waals surface area (Å²) in [6, 6.07) is 18.1. The van der Waals surface area contributed by atoms with E-state index in [1.807, 2.05) is 42.5 Å². The van der Waals surface area contributed by atoms with E-state index in [2.05, 4.69) is 17.4 Å². The number of ether oxygens (including phenoxy) is 1. The molecule has 4 heteroatoms. The van der Waals surface area contributed by atoms with Gasteiger partial charge in [0.2, 0.25) is 0 Å². The van der Waals surface area contributed by atoms with Gasteiger partial charge in [0.25, 0.3) is 0 Å². The summed E-state index contributed by atoms with van der Waals surface area (Å²) in [5.74, 6) is 0.906. The van der Waals surface area contributed by atoms with Crippen LogP contribution < -0.4 is 5.32 Å². The first-order chi connectivity index (χ1) is 9.78. The molecule has 3 nitrogen and oxygen atoms in total. The molecule has 0 aromatic heterocycles. The van der Waals surface area contributed by atoms with Crippen LogP contribution in [0.1, 0.15) is 12.5 Å². The van der Waals surface area contributed by atoms with Crippen LogP contribution in [0.4, 0.5) is 10.5 Å². The van der Waals surface area contributed by atoms with Crippen molar-refractivity contribution in [1.29, 1.82) is 0 Å². The average molecular weight is 287 g/mol. The van der Waals surface area contributed by atoms with Crippen molar-refractivity contribution in [3.05, 3.63) is 60.2 Å². The number of amides is 1. The molecule has 0 radical (unpaired) electrons. The Morgan fingerprint density at radius 1 is 1.10 bits per heavy atom. The molecule has 20 heavy (non-hydrogen) atoms. The molecule has 2 rings (SSSR count). The number of rotatable bonds is 5. The van der Waals surface area contributed by atoms with Gasteiger partial charge in [0.15, 0.2) is 0 Å². The van der Waals surface area contributed by atoms with Crippen molar-refractivity contribution >= 4 is 23.5 Å². The third kappa shape index (κ3) is 4.63. The fourth-order valence-corrected chi connectivity index (χ4v) is 2.53. The van der Waals surface area contributed by atoms with Crippen molar-refractivity contribution in [3.63, 3.8) is 0 Å². The third-order valence-corrected chi connectivity index (χ3v) is 3.71. The lowest BCUT2D eigenvalue weighted by atomic mass is 10.2. The van der Waals surface area contributed by atoms with Gasteiger partial charge in [0.1, 0.15) is 0 Å². The van der Waals surface area contributed by atoms with Crippen molar-refractivity contribution in [1.82, 2.24) is 0 Å². The number of carbonyl (C=O) groups excluding carboxylic acids is 1. The van der Waals surface area contributed by atoms with Gasteiger partial charge in [-0.15, -0.1) is 11.8 Å². The second-order valence-electron chi connectivity index (χ2n) is 4.14. The fraction of sp³-hybridized carbons (Fsp3) is 0.188. The molecule has 0 heterocycles.